The van der Waals surface area contributed by atoms with Crippen LogP contribution in [0.3, 0.4) is 0 Å². The van der Waals surface area contributed by atoms with Gasteiger partial charge in [0.15, 0.2) is 4.90 Å². The highest BCUT2D eigenvalue weighted by atomic mass is 35.5. The zero-order valence-electron chi connectivity index (χ0n) is 12.7. The topological polar surface area (TPSA) is 20.2 Å². The molecule has 0 bridgehead atoms. The summed E-state index contributed by atoms with van der Waals surface area (Å²) in [6.45, 7) is 0. The van der Waals surface area contributed by atoms with Crippen LogP contribution in [0.4, 0.5) is 0 Å². The lowest BCUT2D eigenvalue weighted by Gasteiger charge is -2.09. The number of phenolic OH excluding ortho intramolecular Hbond substituents is 1. The van der Waals surface area contributed by atoms with Gasteiger partial charge in [0.1, 0.15) is 17.3 Å². The van der Waals surface area contributed by atoms with Crippen LogP contribution in [0.5, 0.6) is 5.75 Å². The second-order valence-electron chi connectivity index (χ2n) is 5.25. The van der Waals surface area contributed by atoms with Crippen molar-refractivity contribution < 1.29 is 17.5 Å². The summed E-state index contributed by atoms with van der Waals surface area (Å²) in [6.07, 6.45) is 0. The van der Waals surface area contributed by atoms with Gasteiger partial charge in [0, 0.05) is 22.0 Å². The summed E-state index contributed by atoms with van der Waals surface area (Å²) in [5.41, 5.74) is 2.71. The Kier molecular flexibility index (Phi) is 6.57. The summed E-state index contributed by atoms with van der Waals surface area (Å²) in [4.78, 5) is 1.30. The number of hydrogen-bond acceptors (Lipinski definition) is 1. The van der Waals surface area contributed by atoms with Crippen LogP contribution in [0.15, 0.2) is 89.8 Å². The molecule has 0 radical (unpaired) electrons. The maximum atomic E-state index is 9.52. The van der Waals surface area contributed by atoms with E-state index in [4.69, 9.17) is 0 Å². The lowest BCUT2D eigenvalue weighted by atomic mass is 10.2. The molecule has 3 heteroatoms. The summed E-state index contributed by atoms with van der Waals surface area (Å²) in [6, 6.07) is 28.9. The SMILES string of the molecule is Oc1ccc([S+](Cc2ccccc2)Cc2ccccc2)cc1.[Cl-]. The molecule has 0 unspecified atom stereocenters. The summed E-state index contributed by atoms with van der Waals surface area (Å²) < 4.78 is 0. The Morgan fingerprint density at radius 3 is 1.48 bits per heavy atom. The fraction of sp³-hybridized carbons (Fsp3) is 0.100. The van der Waals surface area contributed by atoms with E-state index in [-0.39, 0.29) is 23.3 Å². The smallest absolute Gasteiger partial charge is 0.155 e. The summed E-state index contributed by atoms with van der Waals surface area (Å²) in [7, 11) is 0.0908. The van der Waals surface area contributed by atoms with Crippen LogP contribution in [0.25, 0.3) is 0 Å². The van der Waals surface area contributed by atoms with E-state index >= 15 is 0 Å². The molecule has 0 heterocycles. The summed E-state index contributed by atoms with van der Waals surface area (Å²) in [5.74, 6) is 2.38. The standard InChI is InChI=1S/C20H18OS.ClH/c21-19-11-13-20(14-12-19)22(15-17-7-3-1-4-8-17)16-18-9-5-2-6-10-18;/h1-14H,15-16H2;1H. The summed E-state index contributed by atoms with van der Waals surface area (Å²) in [5, 5.41) is 9.52. The van der Waals surface area contributed by atoms with Crippen LogP contribution in [0.1, 0.15) is 11.1 Å². The Morgan fingerprint density at radius 1 is 0.609 bits per heavy atom. The fourth-order valence-corrected chi connectivity index (χ4v) is 4.55. The third kappa shape index (κ3) is 5.05. The zero-order valence-corrected chi connectivity index (χ0v) is 14.3. The van der Waals surface area contributed by atoms with Gasteiger partial charge < -0.3 is 17.5 Å². The monoisotopic (exact) mass is 342 g/mol. The molecule has 118 valence electrons. The van der Waals surface area contributed by atoms with E-state index in [0.29, 0.717) is 5.75 Å². The molecule has 0 saturated carbocycles. The van der Waals surface area contributed by atoms with Gasteiger partial charge in [0.25, 0.3) is 0 Å². The first kappa shape index (κ1) is 17.5. The van der Waals surface area contributed by atoms with E-state index in [9.17, 15) is 5.11 Å². The first-order chi connectivity index (χ1) is 10.8. The average molecular weight is 343 g/mol. The van der Waals surface area contributed by atoms with Crippen LogP contribution in [0.2, 0.25) is 0 Å². The number of benzene rings is 3. The third-order valence-corrected chi connectivity index (χ3v) is 5.84. The van der Waals surface area contributed by atoms with Gasteiger partial charge >= 0.3 is 0 Å². The highest BCUT2D eigenvalue weighted by molar-refractivity contribution is 7.95. The molecule has 3 aromatic rings. The number of halogens is 1. The Morgan fingerprint density at radius 2 is 1.04 bits per heavy atom. The molecule has 0 saturated heterocycles. The number of rotatable bonds is 5. The molecule has 23 heavy (non-hydrogen) atoms. The molecule has 0 aromatic heterocycles. The molecule has 0 aliphatic heterocycles. The predicted molar refractivity (Wildman–Crippen MR) is 94.0 cm³/mol. The first-order valence-electron chi connectivity index (χ1n) is 7.35. The van der Waals surface area contributed by atoms with Crippen LogP contribution in [-0.4, -0.2) is 5.11 Å². The number of hydrogen-bond donors (Lipinski definition) is 1. The molecular formula is C20H19ClOS. The van der Waals surface area contributed by atoms with E-state index in [1.54, 1.807) is 12.1 Å². The van der Waals surface area contributed by atoms with Gasteiger partial charge in [-0.3, -0.25) is 0 Å². The molecule has 3 rings (SSSR count). The van der Waals surface area contributed by atoms with E-state index in [1.165, 1.54) is 16.0 Å². The van der Waals surface area contributed by atoms with Crippen molar-refractivity contribution in [2.24, 2.45) is 0 Å². The molecule has 1 N–H and O–H groups in total. The van der Waals surface area contributed by atoms with Crippen molar-refractivity contribution >= 4 is 10.9 Å². The molecule has 0 aliphatic carbocycles. The second-order valence-corrected chi connectivity index (χ2v) is 7.28. The van der Waals surface area contributed by atoms with Gasteiger partial charge in [-0.15, -0.1) is 0 Å². The van der Waals surface area contributed by atoms with Crippen LogP contribution in [0, 0.1) is 0 Å². The number of phenols is 1. The van der Waals surface area contributed by atoms with Crippen LogP contribution in [-0.2, 0) is 22.4 Å². The molecule has 0 spiro atoms. The Hall–Kier alpha value is -1.90. The number of aromatic hydroxyl groups is 1. The van der Waals surface area contributed by atoms with Crippen LogP contribution >= 0.6 is 0 Å². The van der Waals surface area contributed by atoms with E-state index < -0.39 is 0 Å². The van der Waals surface area contributed by atoms with E-state index in [2.05, 4.69) is 60.7 Å². The lowest BCUT2D eigenvalue weighted by Crippen LogP contribution is -3.00. The molecule has 1 nitrogen and oxygen atoms in total. The highest BCUT2D eigenvalue weighted by Gasteiger charge is 2.23. The maximum absolute atomic E-state index is 9.52. The van der Waals surface area contributed by atoms with Crippen molar-refractivity contribution in [3.63, 3.8) is 0 Å². The molecule has 0 fully saturated rings. The van der Waals surface area contributed by atoms with Gasteiger partial charge in [-0.2, -0.15) is 0 Å². The molecule has 0 aliphatic rings. The zero-order chi connectivity index (χ0) is 15.2. The van der Waals surface area contributed by atoms with Crippen molar-refractivity contribution in [3.05, 3.63) is 96.1 Å². The largest absolute Gasteiger partial charge is 1.00 e. The van der Waals surface area contributed by atoms with Crippen molar-refractivity contribution in [1.29, 1.82) is 0 Å². The Balaban J connectivity index is 0.00000192. The van der Waals surface area contributed by atoms with Gasteiger partial charge in [0.2, 0.25) is 0 Å². The molecular weight excluding hydrogens is 324 g/mol. The van der Waals surface area contributed by atoms with E-state index in [1.807, 2.05) is 12.1 Å². The van der Waals surface area contributed by atoms with Crippen LogP contribution < -0.4 is 12.4 Å². The predicted octanol–water partition coefficient (Wildman–Crippen LogP) is 1.77. The van der Waals surface area contributed by atoms with Gasteiger partial charge in [-0.1, -0.05) is 60.7 Å². The minimum atomic E-state index is 0. The van der Waals surface area contributed by atoms with Crippen molar-refractivity contribution in [2.45, 2.75) is 16.4 Å². The third-order valence-electron chi connectivity index (χ3n) is 3.54. The summed E-state index contributed by atoms with van der Waals surface area (Å²) >= 11 is 0. The molecule has 0 amide bonds. The highest BCUT2D eigenvalue weighted by Crippen LogP contribution is 2.25. The van der Waals surface area contributed by atoms with Crippen molar-refractivity contribution in [2.75, 3.05) is 0 Å². The van der Waals surface area contributed by atoms with Gasteiger partial charge in [-0.05, 0) is 24.3 Å². The van der Waals surface area contributed by atoms with Crippen molar-refractivity contribution in [3.8, 4) is 5.75 Å². The maximum Gasteiger partial charge on any atom is 0.155 e. The fourth-order valence-electron chi connectivity index (χ4n) is 2.41. The minimum Gasteiger partial charge on any atom is -1.00 e. The minimum absolute atomic E-state index is 0. The molecule has 0 atom stereocenters. The second kappa shape index (κ2) is 8.66. The average Bonchev–Trinajstić information content (AvgIpc) is 2.57. The van der Waals surface area contributed by atoms with E-state index in [0.717, 1.165) is 11.5 Å². The first-order valence-corrected chi connectivity index (χ1v) is 8.92. The lowest BCUT2D eigenvalue weighted by molar-refractivity contribution is -0.00000550. The Bertz CT molecular complexity index is 657. The van der Waals surface area contributed by atoms with Crippen molar-refractivity contribution in [1.82, 2.24) is 0 Å². The normalized spacial score (nSPS) is 10.3. The van der Waals surface area contributed by atoms with Gasteiger partial charge in [0.05, 0.1) is 0 Å². The Labute approximate surface area is 146 Å². The quantitative estimate of drug-likeness (QED) is 0.701. The molecule has 3 aromatic carbocycles. The van der Waals surface area contributed by atoms with Gasteiger partial charge in [-0.25, -0.2) is 0 Å².